The van der Waals surface area contributed by atoms with Crippen LogP contribution in [0, 0.1) is 6.92 Å². The highest BCUT2D eigenvalue weighted by Crippen LogP contribution is 2.49. The van der Waals surface area contributed by atoms with Crippen LogP contribution in [0.5, 0.6) is 11.5 Å². The van der Waals surface area contributed by atoms with Crippen LogP contribution in [-0.2, 0) is 10.4 Å². The SMILES string of the molecule is COc1ccc(C(=O)[C@H](c2ccc(OC)cc2)[C@@]2(O)C(=O)Nc3c2ccc(Cl)c3C)cc1. The number of aliphatic hydroxyl groups is 1. The molecule has 3 aromatic carbocycles. The molecule has 0 fully saturated rings. The molecule has 0 spiro atoms. The molecule has 1 aliphatic heterocycles. The maximum absolute atomic E-state index is 13.8. The number of benzene rings is 3. The predicted molar refractivity (Wildman–Crippen MR) is 122 cm³/mol. The van der Waals surface area contributed by atoms with Crippen LogP contribution in [0.15, 0.2) is 60.7 Å². The van der Waals surface area contributed by atoms with Crippen LogP contribution in [0.2, 0.25) is 5.02 Å². The fourth-order valence-electron chi connectivity index (χ4n) is 4.08. The molecule has 0 radical (unpaired) electrons. The van der Waals surface area contributed by atoms with E-state index in [4.69, 9.17) is 21.1 Å². The maximum atomic E-state index is 13.8. The van der Waals surface area contributed by atoms with Crippen LogP contribution in [0.4, 0.5) is 5.69 Å². The second kappa shape index (κ2) is 8.30. The minimum atomic E-state index is -2.13. The van der Waals surface area contributed by atoms with E-state index in [1.807, 2.05) is 0 Å². The van der Waals surface area contributed by atoms with Crippen molar-refractivity contribution in [3.05, 3.63) is 87.9 Å². The number of ether oxygens (including phenoxy) is 2. The van der Waals surface area contributed by atoms with Gasteiger partial charge in [0.15, 0.2) is 11.4 Å². The molecule has 2 N–H and O–H groups in total. The molecular formula is C25H22ClNO5. The van der Waals surface area contributed by atoms with E-state index in [-0.39, 0.29) is 0 Å². The molecule has 0 aromatic heterocycles. The Bertz CT molecular complexity index is 1190. The summed E-state index contributed by atoms with van der Waals surface area (Å²) in [6.07, 6.45) is 0. The summed E-state index contributed by atoms with van der Waals surface area (Å²) in [5.41, 5.74) is 0.0460. The summed E-state index contributed by atoms with van der Waals surface area (Å²) in [7, 11) is 3.07. The van der Waals surface area contributed by atoms with Crippen molar-refractivity contribution in [3.8, 4) is 11.5 Å². The highest BCUT2D eigenvalue weighted by molar-refractivity contribution is 6.32. The molecule has 6 nitrogen and oxygen atoms in total. The van der Waals surface area contributed by atoms with E-state index in [1.165, 1.54) is 14.2 Å². The Morgan fingerprint density at radius 3 is 2.09 bits per heavy atom. The lowest BCUT2D eigenvalue weighted by molar-refractivity contribution is -0.135. The number of methoxy groups -OCH3 is 2. The second-order valence-corrected chi connectivity index (χ2v) is 8.02. The van der Waals surface area contributed by atoms with Gasteiger partial charge in [0.2, 0.25) is 0 Å². The van der Waals surface area contributed by atoms with Crippen molar-refractivity contribution < 1.29 is 24.2 Å². The molecule has 2 atom stereocenters. The Morgan fingerprint density at radius 2 is 1.53 bits per heavy atom. The van der Waals surface area contributed by atoms with Crippen LogP contribution < -0.4 is 14.8 Å². The molecular weight excluding hydrogens is 430 g/mol. The van der Waals surface area contributed by atoms with Gasteiger partial charge in [0.05, 0.1) is 25.8 Å². The minimum absolute atomic E-state index is 0.312. The molecule has 0 saturated carbocycles. The lowest BCUT2D eigenvalue weighted by Gasteiger charge is -2.31. The van der Waals surface area contributed by atoms with Crippen molar-refractivity contribution in [1.29, 1.82) is 0 Å². The highest BCUT2D eigenvalue weighted by Gasteiger charge is 2.55. The van der Waals surface area contributed by atoms with Crippen LogP contribution in [0.25, 0.3) is 0 Å². The van der Waals surface area contributed by atoms with E-state index in [1.54, 1.807) is 67.6 Å². The van der Waals surface area contributed by atoms with Gasteiger partial charge in [0.1, 0.15) is 11.5 Å². The van der Waals surface area contributed by atoms with Gasteiger partial charge in [-0.2, -0.15) is 0 Å². The maximum Gasteiger partial charge on any atom is 0.262 e. The number of amides is 1. The van der Waals surface area contributed by atoms with Crippen LogP contribution >= 0.6 is 11.6 Å². The van der Waals surface area contributed by atoms with Gasteiger partial charge in [-0.3, -0.25) is 9.59 Å². The molecule has 7 heteroatoms. The van der Waals surface area contributed by atoms with Crippen molar-refractivity contribution >= 4 is 29.0 Å². The molecule has 0 saturated heterocycles. The van der Waals surface area contributed by atoms with E-state index in [2.05, 4.69) is 5.32 Å². The zero-order chi connectivity index (χ0) is 23.0. The number of carbonyl (C=O) groups excluding carboxylic acids is 2. The highest BCUT2D eigenvalue weighted by atomic mass is 35.5. The van der Waals surface area contributed by atoms with Crippen molar-refractivity contribution in [2.75, 3.05) is 19.5 Å². The number of Topliss-reactive ketones (excluding diaryl/α,β-unsaturated/α-hetero) is 1. The number of rotatable bonds is 6. The smallest absolute Gasteiger partial charge is 0.262 e. The Hall–Kier alpha value is -3.35. The molecule has 1 aliphatic rings. The average molecular weight is 452 g/mol. The first-order chi connectivity index (χ1) is 15.3. The van der Waals surface area contributed by atoms with Crippen molar-refractivity contribution in [2.24, 2.45) is 0 Å². The Morgan fingerprint density at radius 1 is 0.969 bits per heavy atom. The molecule has 1 amide bonds. The molecule has 4 rings (SSSR count). The summed E-state index contributed by atoms with van der Waals surface area (Å²) in [5.74, 6) is -1.11. The first-order valence-electron chi connectivity index (χ1n) is 9.97. The predicted octanol–water partition coefficient (Wildman–Crippen LogP) is 4.47. The van der Waals surface area contributed by atoms with E-state index in [9.17, 15) is 14.7 Å². The normalized spacial score (nSPS) is 18.0. The molecule has 0 unspecified atom stereocenters. The quantitative estimate of drug-likeness (QED) is 0.540. The molecule has 3 aromatic rings. The largest absolute Gasteiger partial charge is 0.497 e. The second-order valence-electron chi connectivity index (χ2n) is 7.61. The number of carbonyl (C=O) groups is 2. The van der Waals surface area contributed by atoms with Gasteiger partial charge in [-0.25, -0.2) is 0 Å². The summed E-state index contributed by atoms with van der Waals surface area (Å²) in [4.78, 5) is 27.0. The van der Waals surface area contributed by atoms with E-state index in [0.29, 0.717) is 44.5 Å². The average Bonchev–Trinajstić information content (AvgIpc) is 3.08. The number of nitrogens with one attached hydrogen (secondary N) is 1. The fraction of sp³-hybridized carbons (Fsp3) is 0.200. The van der Waals surface area contributed by atoms with Gasteiger partial charge < -0.3 is 19.9 Å². The van der Waals surface area contributed by atoms with E-state index < -0.39 is 23.2 Å². The molecule has 32 heavy (non-hydrogen) atoms. The zero-order valence-corrected chi connectivity index (χ0v) is 18.6. The van der Waals surface area contributed by atoms with Gasteiger partial charge in [-0.1, -0.05) is 29.8 Å². The van der Waals surface area contributed by atoms with E-state index >= 15 is 0 Å². The van der Waals surface area contributed by atoms with Crippen molar-refractivity contribution in [1.82, 2.24) is 0 Å². The third kappa shape index (κ3) is 3.42. The van der Waals surface area contributed by atoms with Gasteiger partial charge in [0.25, 0.3) is 5.91 Å². The number of hydrogen-bond donors (Lipinski definition) is 2. The summed E-state index contributed by atoms with van der Waals surface area (Å²) in [6, 6.07) is 16.5. The van der Waals surface area contributed by atoms with Crippen LogP contribution in [0.3, 0.4) is 0 Å². The third-order valence-corrected chi connectivity index (χ3v) is 6.31. The summed E-state index contributed by atoms with van der Waals surface area (Å²) >= 11 is 6.22. The molecule has 0 aliphatic carbocycles. The standard InChI is InChI=1S/C25H22ClNO5/c1-14-20(26)13-12-19-22(14)27-24(29)25(19,30)21(15-4-8-17(31-2)9-5-15)23(28)16-6-10-18(32-3)11-7-16/h4-13,21,30H,1-3H3,(H,27,29)/t21-,25+/m0/s1. The number of hydrogen-bond acceptors (Lipinski definition) is 5. The zero-order valence-electron chi connectivity index (χ0n) is 17.8. The van der Waals surface area contributed by atoms with E-state index in [0.717, 1.165) is 0 Å². The van der Waals surface area contributed by atoms with Gasteiger partial charge in [-0.15, -0.1) is 0 Å². The molecule has 0 bridgehead atoms. The van der Waals surface area contributed by atoms with Gasteiger partial charge >= 0.3 is 0 Å². The molecule has 1 heterocycles. The lowest BCUT2D eigenvalue weighted by atomic mass is 9.74. The van der Waals surface area contributed by atoms with Crippen LogP contribution in [0.1, 0.15) is 33.0 Å². The van der Waals surface area contributed by atoms with Crippen LogP contribution in [-0.4, -0.2) is 31.0 Å². The number of halogens is 1. The van der Waals surface area contributed by atoms with Crippen molar-refractivity contribution in [3.63, 3.8) is 0 Å². The molecule has 164 valence electrons. The number of fused-ring (bicyclic) bond motifs is 1. The van der Waals surface area contributed by atoms with Gasteiger partial charge in [0, 0.05) is 16.1 Å². The topological polar surface area (TPSA) is 84.9 Å². The first-order valence-corrected chi connectivity index (χ1v) is 10.3. The third-order valence-electron chi connectivity index (χ3n) is 5.90. The Labute approximate surface area is 190 Å². The monoisotopic (exact) mass is 451 g/mol. The number of anilines is 1. The Kier molecular flexibility index (Phi) is 5.67. The van der Waals surface area contributed by atoms with Gasteiger partial charge in [-0.05, 0) is 60.5 Å². The lowest BCUT2D eigenvalue weighted by Crippen LogP contribution is -2.44. The first kappa shape index (κ1) is 21.9. The Balaban J connectivity index is 1.90. The summed E-state index contributed by atoms with van der Waals surface area (Å²) in [5, 5.41) is 15.0. The number of ketones is 1. The van der Waals surface area contributed by atoms with Crippen molar-refractivity contribution in [2.45, 2.75) is 18.4 Å². The fourth-order valence-corrected chi connectivity index (χ4v) is 4.24. The summed E-state index contributed by atoms with van der Waals surface area (Å²) < 4.78 is 10.4. The minimum Gasteiger partial charge on any atom is -0.497 e. The summed E-state index contributed by atoms with van der Waals surface area (Å²) in [6.45, 7) is 1.75.